The topological polar surface area (TPSA) is 76.3 Å². The van der Waals surface area contributed by atoms with Crippen molar-refractivity contribution in [1.29, 1.82) is 0 Å². The smallest absolute Gasteiger partial charge is 0.239 e. The Morgan fingerprint density at radius 2 is 2.29 bits per heavy atom. The molecule has 17 heavy (non-hydrogen) atoms. The van der Waals surface area contributed by atoms with Crippen LogP contribution in [0.25, 0.3) is 0 Å². The Bertz CT molecular complexity index is 351. The first kappa shape index (κ1) is 12.1. The van der Waals surface area contributed by atoms with Gasteiger partial charge in [0.05, 0.1) is 6.10 Å². The van der Waals surface area contributed by atoms with Crippen molar-refractivity contribution in [2.45, 2.75) is 25.9 Å². The minimum absolute atomic E-state index is 0.394. The van der Waals surface area contributed by atoms with Crippen molar-refractivity contribution in [3.63, 3.8) is 0 Å². The van der Waals surface area contributed by atoms with Gasteiger partial charge in [-0.3, -0.25) is 5.43 Å². The Labute approximate surface area is 101 Å². The molecular formula is C11H19N5O. The summed E-state index contributed by atoms with van der Waals surface area (Å²) in [5.41, 5.74) is 2.46. The normalized spacial score (nSPS) is 17.2. The second-order valence-electron chi connectivity index (χ2n) is 4.02. The molecule has 94 valence electrons. The first-order valence-corrected chi connectivity index (χ1v) is 5.99. The number of anilines is 2. The van der Waals surface area contributed by atoms with Crippen LogP contribution in [0.15, 0.2) is 12.3 Å². The zero-order chi connectivity index (χ0) is 12.1. The summed E-state index contributed by atoms with van der Waals surface area (Å²) in [5.74, 6) is 6.67. The van der Waals surface area contributed by atoms with E-state index in [1.165, 1.54) is 0 Å². The fourth-order valence-electron chi connectivity index (χ4n) is 2.08. The van der Waals surface area contributed by atoms with Crippen LogP contribution in [-0.2, 0) is 4.74 Å². The number of ether oxygens (including phenoxy) is 1. The minimum Gasteiger partial charge on any atom is -0.378 e. The summed E-state index contributed by atoms with van der Waals surface area (Å²) in [4.78, 5) is 10.6. The number of hydrogen-bond donors (Lipinski definition) is 2. The highest BCUT2D eigenvalue weighted by molar-refractivity contribution is 5.42. The van der Waals surface area contributed by atoms with Crippen molar-refractivity contribution in [1.82, 2.24) is 9.97 Å². The predicted octanol–water partition coefficient (Wildman–Crippen LogP) is 0.767. The molecule has 0 spiro atoms. The maximum absolute atomic E-state index is 5.62. The molecule has 6 heteroatoms. The van der Waals surface area contributed by atoms with Gasteiger partial charge in [0.2, 0.25) is 5.95 Å². The highest BCUT2D eigenvalue weighted by Gasteiger charge is 2.20. The Morgan fingerprint density at radius 3 is 2.94 bits per heavy atom. The van der Waals surface area contributed by atoms with E-state index in [0.29, 0.717) is 12.1 Å². The SMILES string of the molecule is CCOC1CCN(c2ccnc(NN)n2)CC1. The van der Waals surface area contributed by atoms with Crippen molar-refractivity contribution in [3.05, 3.63) is 12.3 Å². The van der Waals surface area contributed by atoms with E-state index in [1.807, 2.05) is 13.0 Å². The third kappa shape index (κ3) is 3.04. The Kier molecular flexibility index (Phi) is 4.11. The van der Waals surface area contributed by atoms with Crippen LogP contribution in [0.5, 0.6) is 0 Å². The lowest BCUT2D eigenvalue weighted by atomic mass is 10.1. The van der Waals surface area contributed by atoms with Gasteiger partial charge in [-0.25, -0.2) is 10.8 Å². The van der Waals surface area contributed by atoms with Gasteiger partial charge >= 0.3 is 0 Å². The number of nitrogens with two attached hydrogens (primary N) is 1. The summed E-state index contributed by atoms with van der Waals surface area (Å²) in [5, 5.41) is 0. The number of nitrogen functional groups attached to an aromatic ring is 1. The Hall–Kier alpha value is -1.40. The molecule has 1 aromatic rings. The number of aromatic nitrogens is 2. The van der Waals surface area contributed by atoms with Crippen molar-refractivity contribution in [3.8, 4) is 0 Å². The lowest BCUT2D eigenvalue weighted by Gasteiger charge is -2.32. The van der Waals surface area contributed by atoms with Crippen LogP contribution in [0.3, 0.4) is 0 Å². The summed E-state index contributed by atoms with van der Waals surface area (Å²) in [6, 6.07) is 1.90. The first-order chi connectivity index (χ1) is 8.33. The van der Waals surface area contributed by atoms with E-state index in [1.54, 1.807) is 6.20 Å². The van der Waals surface area contributed by atoms with E-state index in [4.69, 9.17) is 10.6 Å². The zero-order valence-corrected chi connectivity index (χ0v) is 10.1. The van der Waals surface area contributed by atoms with Crippen LogP contribution in [0.1, 0.15) is 19.8 Å². The number of piperidine rings is 1. The quantitative estimate of drug-likeness (QED) is 0.595. The predicted molar refractivity (Wildman–Crippen MR) is 66.7 cm³/mol. The molecule has 0 bridgehead atoms. The van der Waals surface area contributed by atoms with E-state index in [2.05, 4.69) is 20.3 Å². The molecule has 0 aromatic carbocycles. The van der Waals surface area contributed by atoms with Gasteiger partial charge in [-0.2, -0.15) is 4.98 Å². The summed E-state index contributed by atoms with van der Waals surface area (Å²) < 4.78 is 5.62. The number of rotatable bonds is 4. The molecule has 0 amide bonds. The largest absolute Gasteiger partial charge is 0.378 e. The molecule has 0 saturated carbocycles. The lowest BCUT2D eigenvalue weighted by Crippen LogP contribution is -2.37. The van der Waals surface area contributed by atoms with E-state index in [9.17, 15) is 0 Å². The van der Waals surface area contributed by atoms with Crippen molar-refractivity contribution in [2.75, 3.05) is 30.0 Å². The van der Waals surface area contributed by atoms with Crippen LogP contribution >= 0.6 is 0 Å². The maximum Gasteiger partial charge on any atom is 0.239 e. The minimum atomic E-state index is 0.394. The van der Waals surface area contributed by atoms with Gasteiger partial charge in [-0.1, -0.05) is 0 Å². The van der Waals surface area contributed by atoms with Crippen molar-refractivity contribution < 1.29 is 4.74 Å². The van der Waals surface area contributed by atoms with Gasteiger partial charge in [0, 0.05) is 25.9 Å². The van der Waals surface area contributed by atoms with Gasteiger partial charge in [0.1, 0.15) is 5.82 Å². The fourth-order valence-corrected chi connectivity index (χ4v) is 2.08. The third-order valence-electron chi connectivity index (χ3n) is 2.94. The van der Waals surface area contributed by atoms with Crippen LogP contribution in [0, 0.1) is 0 Å². The highest BCUT2D eigenvalue weighted by Crippen LogP contribution is 2.19. The van der Waals surface area contributed by atoms with Crippen LogP contribution in [-0.4, -0.2) is 35.8 Å². The molecule has 1 aliphatic heterocycles. The van der Waals surface area contributed by atoms with Gasteiger partial charge < -0.3 is 9.64 Å². The monoisotopic (exact) mass is 237 g/mol. The molecule has 1 fully saturated rings. The van der Waals surface area contributed by atoms with Crippen molar-refractivity contribution in [2.24, 2.45) is 5.84 Å². The number of nitrogens with zero attached hydrogens (tertiary/aromatic N) is 3. The van der Waals surface area contributed by atoms with E-state index in [0.717, 1.165) is 38.4 Å². The lowest BCUT2D eigenvalue weighted by molar-refractivity contribution is 0.0458. The average molecular weight is 237 g/mol. The molecule has 0 unspecified atom stereocenters. The number of nitrogens with one attached hydrogen (secondary N) is 1. The molecule has 0 radical (unpaired) electrons. The summed E-state index contributed by atoms with van der Waals surface area (Å²) in [7, 11) is 0. The fraction of sp³-hybridized carbons (Fsp3) is 0.636. The molecule has 1 aliphatic rings. The molecule has 3 N–H and O–H groups in total. The van der Waals surface area contributed by atoms with Gasteiger partial charge in [-0.05, 0) is 25.8 Å². The summed E-state index contributed by atoms with van der Waals surface area (Å²) in [6.45, 7) is 4.76. The summed E-state index contributed by atoms with van der Waals surface area (Å²) >= 11 is 0. The van der Waals surface area contributed by atoms with Crippen LogP contribution in [0.2, 0.25) is 0 Å². The van der Waals surface area contributed by atoms with Gasteiger partial charge in [0.15, 0.2) is 0 Å². The second kappa shape index (κ2) is 5.79. The maximum atomic E-state index is 5.62. The molecular weight excluding hydrogens is 218 g/mol. The van der Waals surface area contributed by atoms with Crippen molar-refractivity contribution >= 4 is 11.8 Å². The molecule has 2 heterocycles. The highest BCUT2D eigenvalue weighted by atomic mass is 16.5. The second-order valence-corrected chi connectivity index (χ2v) is 4.02. The summed E-state index contributed by atoms with van der Waals surface area (Å²) in [6.07, 6.45) is 4.20. The Balaban J connectivity index is 1.95. The number of hydrazine groups is 1. The van der Waals surface area contributed by atoms with E-state index < -0.39 is 0 Å². The Morgan fingerprint density at radius 1 is 1.53 bits per heavy atom. The molecule has 1 aromatic heterocycles. The number of hydrogen-bond acceptors (Lipinski definition) is 6. The zero-order valence-electron chi connectivity index (χ0n) is 10.1. The molecule has 1 saturated heterocycles. The third-order valence-corrected chi connectivity index (χ3v) is 2.94. The standard InChI is InChI=1S/C11H19N5O/c1-2-17-9-4-7-16(8-5-9)10-3-6-13-11(14-10)15-12/h3,6,9H,2,4-5,7-8,12H2,1H3,(H,13,14,15). The van der Waals surface area contributed by atoms with E-state index >= 15 is 0 Å². The van der Waals surface area contributed by atoms with Crippen LogP contribution < -0.4 is 16.2 Å². The molecule has 0 aliphatic carbocycles. The first-order valence-electron chi connectivity index (χ1n) is 5.99. The van der Waals surface area contributed by atoms with Gasteiger partial charge in [-0.15, -0.1) is 0 Å². The van der Waals surface area contributed by atoms with Crippen LogP contribution in [0.4, 0.5) is 11.8 Å². The molecule has 2 rings (SSSR count). The van der Waals surface area contributed by atoms with Gasteiger partial charge in [0.25, 0.3) is 0 Å². The average Bonchev–Trinajstić information content (AvgIpc) is 2.40. The molecule has 0 atom stereocenters. The van der Waals surface area contributed by atoms with E-state index in [-0.39, 0.29) is 0 Å². The molecule has 6 nitrogen and oxygen atoms in total.